The van der Waals surface area contributed by atoms with Crippen molar-refractivity contribution in [1.29, 1.82) is 0 Å². The van der Waals surface area contributed by atoms with Gasteiger partial charge in [-0.2, -0.15) is 0 Å². The summed E-state index contributed by atoms with van der Waals surface area (Å²) in [6.45, 7) is 6.73. The minimum atomic E-state index is -3.75. The Bertz CT molecular complexity index is 866. The van der Waals surface area contributed by atoms with E-state index in [1.165, 1.54) is 19.1 Å². The SMILES string of the molecule is Cc1cc(S(=O)(=O)Nc2ccc(NCCN3CCOCC3)cc2)ccc1F. The summed E-state index contributed by atoms with van der Waals surface area (Å²) in [6, 6.07) is 10.8. The van der Waals surface area contributed by atoms with Gasteiger partial charge in [-0.1, -0.05) is 0 Å². The van der Waals surface area contributed by atoms with Crippen molar-refractivity contribution in [3.63, 3.8) is 0 Å². The minimum absolute atomic E-state index is 0.0362. The maximum atomic E-state index is 13.3. The molecule has 1 aliphatic heterocycles. The molecule has 0 bridgehead atoms. The number of morpholine rings is 1. The van der Waals surface area contributed by atoms with Gasteiger partial charge in [0, 0.05) is 37.6 Å². The second-order valence-corrected chi connectivity index (χ2v) is 8.16. The number of anilines is 2. The van der Waals surface area contributed by atoms with Crippen LogP contribution >= 0.6 is 0 Å². The van der Waals surface area contributed by atoms with Gasteiger partial charge in [0.05, 0.1) is 18.1 Å². The van der Waals surface area contributed by atoms with E-state index < -0.39 is 15.8 Å². The second-order valence-electron chi connectivity index (χ2n) is 6.47. The largest absolute Gasteiger partial charge is 0.384 e. The Kier molecular flexibility index (Phi) is 6.30. The first-order chi connectivity index (χ1) is 12.9. The zero-order valence-electron chi connectivity index (χ0n) is 15.2. The fourth-order valence-corrected chi connectivity index (χ4v) is 3.98. The van der Waals surface area contributed by atoms with Gasteiger partial charge >= 0.3 is 0 Å². The van der Waals surface area contributed by atoms with Gasteiger partial charge in [-0.15, -0.1) is 0 Å². The molecule has 0 amide bonds. The first-order valence-corrected chi connectivity index (χ1v) is 10.4. The van der Waals surface area contributed by atoms with Gasteiger partial charge in [-0.25, -0.2) is 12.8 Å². The molecule has 0 aromatic heterocycles. The molecule has 6 nitrogen and oxygen atoms in total. The van der Waals surface area contributed by atoms with E-state index in [0.717, 1.165) is 51.1 Å². The number of hydrogen-bond donors (Lipinski definition) is 2. The summed E-state index contributed by atoms with van der Waals surface area (Å²) < 4.78 is 46.1. The fourth-order valence-electron chi connectivity index (χ4n) is 2.84. The predicted octanol–water partition coefficient (Wildman–Crippen LogP) is 2.68. The summed E-state index contributed by atoms with van der Waals surface area (Å²) in [5, 5.41) is 3.33. The number of aryl methyl sites for hydroxylation is 1. The van der Waals surface area contributed by atoms with E-state index in [2.05, 4.69) is 14.9 Å². The lowest BCUT2D eigenvalue weighted by molar-refractivity contribution is 0.0398. The van der Waals surface area contributed by atoms with Gasteiger partial charge in [-0.3, -0.25) is 9.62 Å². The van der Waals surface area contributed by atoms with Crippen molar-refractivity contribution in [3.05, 3.63) is 53.8 Å². The fraction of sp³-hybridized carbons (Fsp3) is 0.368. The number of rotatable bonds is 7. The molecule has 1 saturated heterocycles. The predicted molar refractivity (Wildman–Crippen MR) is 104 cm³/mol. The maximum absolute atomic E-state index is 13.3. The summed E-state index contributed by atoms with van der Waals surface area (Å²) in [4.78, 5) is 2.37. The number of nitrogens with zero attached hydrogens (tertiary/aromatic N) is 1. The van der Waals surface area contributed by atoms with Gasteiger partial charge in [0.15, 0.2) is 0 Å². The van der Waals surface area contributed by atoms with E-state index in [1.807, 2.05) is 12.1 Å². The lowest BCUT2D eigenvalue weighted by Gasteiger charge is -2.26. The quantitative estimate of drug-likeness (QED) is 0.757. The zero-order valence-corrected chi connectivity index (χ0v) is 16.1. The molecule has 146 valence electrons. The molecule has 0 saturated carbocycles. The number of benzene rings is 2. The second kappa shape index (κ2) is 8.69. The van der Waals surface area contributed by atoms with Gasteiger partial charge in [0.1, 0.15) is 5.82 Å². The standard InChI is InChI=1S/C19H24FN3O3S/c1-15-14-18(6-7-19(15)20)27(24,25)22-17-4-2-16(3-5-17)21-8-9-23-10-12-26-13-11-23/h2-7,14,21-22H,8-13H2,1H3. The Morgan fingerprint density at radius 1 is 1.07 bits per heavy atom. The van der Waals surface area contributed by atoms with Crippen molar-refractivity contribution in [2.75, 3.05) is 49.4 Å². The Morgan fingerprint density at radius 2 is 1.74 bits per heavy atom. The molecule has 0 atom stereocenters. The van der Waals surface area contributed by atoms with Crippen LogP contribution in [0.15, 0.2) is 47.4 Å². The maximum Gasteiger partial charge on any atom is 0.261 e. The summed E-state index contributed by atoms with van der Waals surface area (Å²) in [5.41, 5.74) is 1.66. The molecular weight excluding hydrogens is 369 g/mol. The summed E-state index contributed by atoms with van der Waals surface area (Å²) in [6.07, 6.45) is 0. The Hall–Kier alpha value is -2.16. The summed E-state index contributed by atoms with van der Waals surface area (Å²) in [5.74, 6) is -0.429. The van der Waals surface area contributed by atoms with Crippen molar-refractivity contribution in [2.45, 2.75) is 11.8 Å². The van der Waals surface area contributed by atoms with Crippen molar-refractivity contribution in [1.82, 2.24) is 4.90 Å². The average Bonchev–Trinajstić information content (AvgIpc) is 2.66. The third kappa shape index (κ3) is 5.41. The lowest BCUT2D eigenvalue weighted by Crippen LogP contribution is -2.38. The molecule has 1 heterocycles. The number of nitrogens with one attached hydrogen (secondary N) is 2. The molecule has 0 unspecified atom stereocenters. The van der Waals surface area contributed by atoms with E-state index in [4.69, 9.17) is 4.74 Å². The van der Waals surface area contributed by atoms with Crippen LogP contribution in [0.5, 0.6) is 0 Å². The smallest absolute Gasteiger partial charge is 0.261 e. The van der Waals surface area contributed by atoms with Crippen LogP contribution in [0.25, 0.3) is 0 Å². The highest BCUT2D eigenvalue weighted by molar-refractivity contribution is 7.92. The molecule has 0 radical (unpaired) electrons. The van der Waals surface area contributed by atoms with Crippen molar-refractivity contribution in [3.8, 4) is 0 Å². The molecule has 1 aliphatic rings. The first-order valence-electron chi connectivity index (χ1n) is 8.87. The van der Waals surface area contributed by atoms with Crippen LogP contribution in [0.4, 0.5) is 15.8 Å². The average molecular weight is 393 g/mol. The number of hydrogen-bond acceptors (Lipinski definition) is 5. The molecule has 2 aromatic rings. The van der Waals surface area contributed by atoms with Crippen molar-refractivity contribution in [2.24, 2.45) is 0 Å². The van der Waals surface area contributed by atoms with E-state index >= 15 is 0 Å². The zero-order chi connectivity index (χ0) is 19.3. The Labute approximate surface area is 159 Å². The molecule has 8 heteroatoms. The van der Waals surface area contributed by atoms with Crippen LogP contribution in [-0.2, 0) is 14.8 Å². The normalized spacial score (nSPS) is 15.5. The third-order valence-corrected chi connectivity index (χ3v) is 5.82. The molecule has 3 rings (SSSR count). The van der Waals surface area contributed by atoms with Crippen LogP contribution in [-0.4, -0.2) is 52.7 Å². The Balaban J connectivity index is 1.55. The highest BCUT2D eigenvalue weighted by Crippen LogP contribution is 2.20. The van der Waals surface area contributed by atoms with Gasteiger partial charge in [0.25, 0.3) is 10.0 Å². The molecule has 27 heavy (non-hydrogen) atoms. The van der Waals surface area contributed by atoms with Crippen LogP contribution < -0.4 is 10.0 Å². The van der Waals surface area contributed by atoms with Gasteiger partial charge in [-0.05, 0) is 55.0 Å². The van der Waals surface area contributed by atoms with Gasteiger partial charge < -0.3 is 10.1 Å². The van der Waals surface area contributed by atoms with Crippen LogP contribution in [0, 0.1) is 12.7 Å². The number of halogens is 1. The van der Waals surface area contributed by atoms with Crippen LogP contribution in [0.3, 0.4) is 0 Å². The monoisotopic (exact) mass is 393 g/mol. The molecule has 0 spiro atoms. The third-order valence-electron chi connectivity index (χ3n) is 4.44. The van der Waals surface area contributed by atoms with Crippen LogP contribution in [0.1, 0.15) is 5.56 Å². The van der Waals surface area contributed by atoms with E-state index in [9.17, 15) is 12.8 Å². The number of sulfonamides is 1. The van der Waals surface area contributed by atoms with E-state index in [-0.39, 0.29) is 10.5 Å². The minimum Gasteiger partial charge on any atom is -0.384 e. The molecule has 1 fully saturated rings. The Morgan fingerprint density at radius 3 is 2.41 bits per heavy atom. The molecular formula is C19H24FN3O3S. The van der Waals surface area contributed by atoms with E-state index in [0.29, 0.717) is 5.69 Å². The topological polar surface area (TPSA) is 70.7 Å². The summed E-state index contributed by atoms with van der Waals surface area (Å²) in [7, 11) is -3.75. The molecule has 0 aliphatic carbocycles. The number of ether oxygens (including phenoxy) is 1. The molecule has 2 aromatic carbocycles. The lowest BCUT2D eigenvalue weighted by atomic mass is 10.2. The highest BCUT2D eigenvalue weighted by Gasteiger charge is 2.15. The van der Waals surface area contributed by atoms with Crippen molar-refractivity contribution >= 4 is 21.4 Å². The summed E-state index contributed by atoms with van der Waals surface area (Å²) >= 11 is 0. The molecule has 2 N–H and O–H groups in total. The van der Waals surface area contributed by atoms with Crippen LogP contribution in [0.2, 0.25) is 0 Å². The van der Waals surface area contributed by atoms with Gasteiger partial charge in [0.2, 0.25) is 0 Å². The first kappa shape index (κ1) is 19.6. The van der Waals surface area contributed by atoms with Crippen molar-refractivity contribution < 1.29 is 17.5 Å². The highest BCUT2D eigenvalue weighted by atomic mass is 32.2. The van der Waals surface area contributed by atoms with E-state index in [1.54, 1.807) is 12.1 Å².